The number of alkyl halides is 3. The van der Waals surface area contributed by atoms with E-state index in [2.05, 4.69) is 12.2 Å². The second kappa shape index (κ2) is 5.17. The summed E-state index contributed by atoms with van der Waals surface area (Å²) in [4.78, 5) is 0. The molecule has 0 spiro atoms. The van der Waals surface area contributed by atoms with Crippen molar-refractivity contribution in [2.75, 3.05) is 0 Å². The van der Waals surface area contributed by atoms with E-state index in [1.807, 2.05) is 0 Å². The normalized spacial score (nSPS) is 39.5. The van der Waals surface area contributed by atoms with Gasteiger partial charge >= 0.3 is 6.18 Å². The Morgan fingerprint density at radius 3 is 2.24 bits per heavy atom. The van der Waals surface area contributed by atoms with Crippen LogP contribution >= 0.6 is 0 Å². The molecule has 2 fully saturated rings. The lowest BCUT2D eigenvalue weighted by Crippen LogP contribution is -2.42. The van der Waals surface area contributed by atoms with Crippen molar-refractivity contribution in [3.8, 4) is 0 Å². The summed E-state index contributed by atoms with van der Waals surface area (Å²) >= 11 is 0. The van der Waals surface area contributed by atoms with Gasteiger partial charge in [-0.15, -0.1) is 0 Å². The molecule has 2 aliphatic rings. The van der Waals surface area contributed by atoms with Crippen LogP contribution in [0.5, 0.6) is 0 Å². The van der Waals surface area contributed by atoms with Crippen LogP contribution in [0.3, 0.4) is 0 Å². The first-order valence-electron chi connectivity index (χ1n) is 6.78. The number of hydrogen-bond donors (Lipinski definition) is 1. The Balaban J connectivity index is 1.81. The Labute approximate surface area is 101 Å². The number of rotatable bonds is 2. The molecule has 4 atom stereocenters. The quantitative estimate of drug-likeness (QED) is 0.783. The number of hydrogen-bond acceptors (Lipinski definition) is 1. The van der Waals surface area contributed by atoms with Crippen molar-refractivity contribution in [2.45, 2.75) is 70.1 Å². The van der Waals surface area contributed by atoms with Gasteiger partial charge < -0.3 is 5.32 Å². The molecule has 17 heavy (non-hydrogen) atoms. The van der Waals surface area contributed by atoms with E-state index in [4.69, 9.17) is 0 Å². The molecule has 4 heteroatoms. The van der Waals surface area contributed by atoms with E-state index in [-0.39, 0.29) is 12.5 Å². The van der Waals surface area contributed by atoms with Gasteiger partial charge in [0.25, 0.3) is 0 Å². The molecule has 4 unspecified atom stereocenters. The maximum Gasteiger partial charge on any atom is 0.391 e. The molecular formula is C13H22F3N. The van der Waals surface area contributed by atoms with Gasteiger partial charge in [0.05, 0.1) is 5.92 Å². The maximum absolute atomic E-state index is 12.7. The second-order valence-electron chi connectivity index (χ2n) is 5.88. The third kappa shape index (κ3) is 3.60. The maximum atomic E-state index is 12.7. The van der Waals surface area contributed by atoms with Gasteiger partial charge in [-0.25, -0.2) is 0 Å². The van der Waals surface area contributed by atoms with Gasteiger partial charge in [-0.2, -0.15) is 13.2 Å². The van der Waals surface area contributed by atoms with Crippen LogP contribution in [0.1, 0.15) is 51.9 Å². The standard InChI is InChI=1S/C13H22F3N/c1-9-5-6-12(7-9)17-11-4-2-3-10(8-11)13(14,15)16/h9-12,17H,2-8H2,1H3. The van der Waals surface area contributed by atoms with Crippen LogP contribution in [0.2, 0.25) is 0 Å². The fraction of sp³-hybridized carbons (Fsp3) is 1.00. The molecule has 0 saturated heterocycles. The first kappa shape index (κ1) is 13.2. The van der Waals surface area contributed by atoms with Crippen molar-refractivity contribution in [2.24, 2.45) is 11.8 Å². The summed E-state index contributed by atoms with van der Waals surface area (Å²) in [6, 6.07) is 0.549. The molecule has 100 valence electrons. The zero-order chi connectivity index (χ0) is 12.5. The van der Waals surface area contributed by atoms with Gasteiger partial charge in [0.1, 0.15) is 0 Å². The Morgan fingerprint density at radius 2 is 1.65 bits per heavy atom. The lowest BCUT2D eigenvalue weighted by Gasteiger charge is -2.33. The zero-order valence-electron chi connectivity index (χ0n) is 10.4. The molecule has 1 nitrogen and oxygen atoms in total. The van der Waals surface area contributed by atoms with Crippen molar-refractivity contribution in [3.63, 3.8) is 0 Å². The average molecular weight is 249 g/mol. The first-order chi connectivity index (χ1) is 7.95. The van der Waals surface area contributed by atoms with E-state index in [9.17, 15) is 13.2 Å². The highest BCUT2D eigenvalue weighted by Crippen LogP contribution is 2.38. The summed E-state index contributed by atoms with van der Waals surface area (Å²) in [5.41, 5.74) is 0. The summed E-state index contributed by atoms with van der Waals surface area (Å²) in [5, 5.41) is 3.45. The molecule has 2 aliphatic carbocycles. The molecular weight excluding hydrogens is 227 g/mol. The Hall–Kier alpha value is -0.250. The highest BCUT2D eigenvalue weighted by atomic mass is 19.4. The average Bonchev–Trinajstić information content (AvgIpc) is 2.63. The van der Waals surface area contributed by atoms with Crippen LogP contribution in [0.4, 0.5) is 13.2 Å². The van der Waals surface area contributed by atoms with E-state index in [0.717, 1.165) is 25.2 Å². The van der Waals surface area contributed by atoms with Gasteiger partial charge in [-0.05, 0) is 44.4 Å². The van der Waals surface area contributed by atoms with Crippen LogP contribution in [0.25, 0.3) is 0 Å². The fourth-order valence-electron chi connectivity index (χ4n) is 3.33. The monoisotopic (exact) mass is 249 g/mol. The molecule has 2 saturated carbocycles. The molecule has 0 heterocycles. The summed E-state index contributed by atoms with van der Waals surface area (Å²) < 4.78 is 38.0. The Bertz CT molecular complexity index is 252. The van der Waals surface area contributed by atoms with Crippen molar-refractivity contribution in [1.29, 1.82) is 0 Å². The van der Waals surface area contributed by atoms with Gasteiger partial charge in [0.2, 0.25) is 0 Å². The highest BCUT2D eigenvalue weighted by Gasteiger charge is 2.42. The van der Waals surface area contributed by atoms with Gasteiger partial charge in [-0.1, -0.05) is 13.3 Å². The van der Waals surface area contributed by atoms with Crippen molar-refractivity contribution in [3.05, 3.63) is 0 Å². The Kier molecular flexibility index (Phi) is 4.01. The summed E-state index contributed by atoms with van der Waals surface area (Å²) in [5.74, 6) is -0.345. The van der Waals surface area contributed by atoms with Crippen LogP contribution in [0, 0.1) is 11.8 Å². The predicted octanol–water partition coefficient (Wildman–Crippen LogP) is 3.89. The number of nitrogens with one attached hydrogen (secondary N) is 1. The molecule has 0 aliphatic heterocycles. The first-order valence-corrected chi connectivity index (χ1v) is 6.78. The number of halogens is 3. The SMILES string of the molecule is CC1CCC(NC2CCCC(C(F)(F)F)C2)C1. The molecule has 0 amide bonds. The van der Waals surface area contributed by atoms with E-state index in [1.165, 1.54) is 6.42 Å². The van der Waals surface area contributed by atoms with Gasteiger partial charge in [0.15, 0.2) is 0 Å². The lowest BCUT2D eigenvalue weighted by molar-refractivity contribution is -0.183. The molecule has 0 bridgehead atoms. The summed E-state index contributed by atoms with van der Waals surface area (Å²) in [6.45, 7) is 2.22. The van der Waals surface area contributed by atoms with Crippen molar-refractivity contribution < 1.29 is 13.2 Å². The van der Waals surface area contributed by atoms with Crippen LogP contribution < -0.4 is 5.32 Å². The minimum Gasteiger partial charge on any atom is -0.311 e. The van der Waals surface area contributed by atoms with Crippen LogP contribution in [-0.4, -0.2) is 18.3 Å². The minimum atomic E-state index is -4.00. The smallest absolute Gasteiger partial charge is 0.311 e. The minimum absolute atomic E-state index is 0.0886. The molecule has 0 radical (unpaired) electrons. The van der Waals surface area contributed by atoms with Crippen molar-refractivity contribution >= 4 is 0 Å². The van der Waals surface area contributed by atoms with E-state index < -0.39 is 12.1 Å². The predicted molar refractivity (Wildman–Crippen MR) is 61.7 cm³/mol. The summed E-state index contributed by atoms with van der Waals surface area (Å²) in [6.07, 6.45) is 1.72. The summed E-state index contributed by atoms with van der Waals surface area (Å²) in [7, 11) is 0. The van der Waals surface area contributed by atoms with E-state index in [0.29, 0.717) is 18.9 Å². The van der Waals surface area contributed by atoms with Gasteiger partial charge in [0, 0.05) is 12.1 Å². The largest absolute Gasteiger partial charge is 0.391 e. The third-order valence-electron chi connectivity index (χ3n) is 4.30. The molecule has 2 rings (SSSR count). The van der Waals surface area contributed by atoms with Crippen LogP contribution in [0.15, 0.2) is 0 Å². The van der Waals surface area contributed by atoms with Crippen LogP contribution in [-0.2, 0) is 0 Å². The zero-order valence-corrected chi connectivity index (χ0v) is 10.4. The fourth-order valence-corrected chi connectivity index (χ4v) is 3.33. The van der Waals surface area contributed by atoms with Gasteiger partial charge in [-0.3, -0.25) is 0 Å². The molecule has 0 aromatic carbocycles. The van der Waals surface area contributed by atoms with Crippen molar-refractivity contribution in [1.82, 2.24) is 5.32 Å². The molecule has 1 N–H and O–H groups in total. The van der Waals surface area contributed by atoms with E-state index in [1.54, 1.807) is 0 Å². The highest BCUT2D eigenvalue weighted by molar-refractivity contribution is 4.86. The lowest BCUT2D eigenvalue weighted by atomic mass is 9.85. The second-order valence-corrected chi connectivity index (χ2v) is 5.88. The molecule has 0 aromatic rings. The van der Waals surface area contributed by atoms with E-state index >= 15 is 0 Å². The third-order valence-corrected chi connectivity index (χ3v) is 4.30. The Morgan fingerprint density at radius 1 is 0.941 bits per heavy atom. The molecule has 0 aromatic heterocycles. The topological polar surface area (TPSA) is 12.0 Å².